The summed E-state index contributed by atoms with van der Waals surface area (Å²) in [5, 5.41) is 9.35. The van der Waals surface area contributed by atoms with Crippen LogP contribution in [0.4, 0.5) is 4.39 Å². The second-order valence-corrected chi connectivity index (χ2v) is 5.72. The van der Waals surface area contributed by atoms with Gasteiger partial charge in [0, 0.05) is 10.0 Å². The van der Waals surface area contributed by atoms with Gasteiger partial charge < -0.3 is 5.11 Å². The zero-order valence-corrected chi connectivity index (χ0v) is 10.6. The first-order valence-corrected chi connectivity index (χ1v) is 5.80. The average Bonchev–Trinajstić information content (AvgIpc) is 2.70. The summed E-state index contributed by atoms with van der Waals surface area (Å²) in [7, 11) is 0. The highest BCUT2D eigenvalue weighted by Gasteiger charge is 2.69. The van der Waals surface area contributed by atoms with Crippen LogP contribution in [0.15, 0.2) is 22.7 Å². The quantitative estimate of drug-likeness (QED) is 0.905. The van der Waals surface area contributed by atoms with Crippen LogP contribution < -0.4 is 0 Å². The summed E-state index contributed by atoms with van der Waals surface area (Å²) in [6.07, 6.45) is 0.467. The van der Waals surface area contributed by atoms with Crippen LogP contribution in [0.25, 0.3) is 0 Å². The molecule has 0 spiro atoms. The number of rotatable bonds is 2. The molecule has 2 rings (SSSR count). The maximum Gasteiger partial charge on any atom is 0.314 e. The monoisotopic (exact) mass is 286 g/mol. The molecule has 1 atom stereocenters. The standard InChI is InChI=1S/C12H12BrFO2/c1-11(2)6-12(11,10(15)16)9-7(13)4-3-5-8(9)14/h3-5H,6H2,1-2H3,(H,15,16). The van der Waals surface area contributed by atoms with Crippen LogP contribution in [0.3, 0.4) is 0 Å². The van der Waals surface area contributed by atoms with Gasteiger partial charge in [-0.1, -0.05) is 35.8 Å². The average molecular weight is 287 g/mol. The Morgan fingerprint density at radius 2 is 2.06 bits per heavy atom. The summed E-state index contributed by atoms with van der Waals surface area (Å²) in [6, 6.07) is 4.55. The topological polar surface area (TPSA) is 37.3 Å². The van der Waals surface area contributed by atoms with Gasteiger partial charge in [-0.3, -0.25) is 4.79 Å². The third-order valence-corrected chi connectivity index (χ3v) is 4.15. The fraction of sp³-hybridized carbons (Fsp3) is 0.417. The molecule has 1 aliphatic rings. The van der Waals surface area contributed by atoms with E-state index in [1.807, 2.05) is 13.8 Å². The van der Waals surface area contributed by atoms with E-state index in [-0.39, 0.29) is 5.56 Å². The molecule has 1 aliphatic carbocycles. The van der Waals surface area contributed by atoms with Crippen molar-refractivity contribution < 1.29 is 14.3 Å². The Morgan fingerprint density at radius 1 is 1.50 bits per heavy atom. The number of benzene rings is 1. The second kappa shape index (κ2) is 3.29. The first-order valence-electron chi connectivity index (χ1n) is 5.01. The van der Waals surface area contributed by atoms with E-state index < -0.39 is 22.6 Å². The number of carbonyl (C=O) groups is 1. The Hall–Kier alpha value is -0.900. The van der Waals surface area contributed by atoms with Crippen molar-refractivity contribution in [2.75, 3.05) is 0 Å². The second-order valence-electron chi connectivity index (χ2n) is 4.87. The van der Waals surface area contributed by atoms with E-state index in [0.717, 1.165) is 0 Å². The predicted molar refractivity (Wildman–Crippen MR) is 61.8 cm³/mol. The number of carboxylic acids is 1. The van der Waals surface area contributed by atoms with Gasteiger partial charge in [-0.2, -0.15) is 0 Å². The van der Waals surface area contributed by atoms with Gasteiger partial charge in [0.2, 0.25) is 0 Å². The molecule has 0 radical (unpaired) electrons. The van der Waals surface area contributed by atoms with Gasteiger partial charge in [-0.15, -0.1) is 0 Å². The summed E-state index contributed by atoms with van der Waals surface area (Å²) in [4.78, 5) is 11.4. The number of carboxylic acid groups (broad SMARTS) is 1. The predicted octanol–water partition coefficient (Wildman–Crippen LogP) is 3.34. The van der Waals surface area contributed by atoms with E-state index in [1.165, 1.54) is 6.07 Å². The molecule has 1 saturated carbocycles. The first kappa shape index (κ1) is 11.6. The highest BCUT2D eigenvalue weighted by Crippen LogP contribution is 2.65. The van der Waals surface area contributed by atoms with Gasteiger partial charge in [0.15, 0.2) is 0 Å². The Morgan fingerprint density at radius 3 is 2.44 bits per heavy atom. The molecule has 1 aromatic carbocycles. The van der Waals surface area contributed by atoms with Gasteiger partial charge in [0.1, 0.15) is 11.2 Å². The van der Waals surface area contributed by atoms with Crippen molar-refractivity contribution in [3.8, 4) is 0 Å². The van der Waals surface area contributed by atoms with E-state index >= 15 is 0 Å². The number of halogens is 2. The van der Waals surface area contributed by atoms with Crippen LogP contribution in [-0.4, -0.2) is 11.1 Å². The molecule has 1 fully saturated rings. The molecule has 0 heterocycles. The SMILES string of the molecule is CC1(C)CC1(C(=O)O)c1c(F)cccc1Br. The summed E-state index contributed by atoms with van der Waals surface area (Å²) in [6.45, 7) is 3.69. The van der Waals surface area contributed by atoms with Gasteiger partial charge in [0.25, 0.3) is 0 Å². The summed E-state index contributed by atoms with van der Waals surface area (Å²) >= 11 is 3.24. The molecular formula is C12H12BrFO2. The maximum atomic E-state index is 13.8. The van der Waals surface area contributed by atoms with Crippen molar-refractivity contribution in [1.82, 2.24) is 0 Å². The molecule has 0 aromatic heterocycles. The minimum atomic E-state index is -1.09. The smallest absolute Gasteiger partial charge is 0.314 e. The minimum absolute atomic E-state index is 0.271. The molecule has 1 aromatic rings. The Bertz CT molecular complexity index is 450. The molecular weight excluding hydrogens is 275 g/mol. The Labute approximate surface area is 102 Å². The zero-order valence-electron chi connectivity index (χ0n) is 9.05. The summed E-state index contributed by atoms with van der Waals surface area (Å²) in [5.41, 5.74) is -1.21. The Kier molecular flexibility index (Phi) is 2.38. The molecule has 16 heavy (non-hydrogen) atoms. The van der Waals surface area contributed by atoms with Gasteiger partial charge in [-0.05, 0) is 24.0 Å². The lowest BCUT2D eigenvalue weighted by Crippen LogP contribution is -2.27. The van der Waals surface area contributed by atoms with E-state index in [9.17, 15) is 14.3 Å². The maximum absolute atomic E-state index is 13.8. The Balaban J connectivity index is 2.64. The lowest BCUT2D eigenvalue weighted by atomic mass is 9.87. The first-order chi connectivity index (χ1) is 7.33. The molecule has 86 valence electrons. The molecule has 0 saturated heterocycles. The third-order valence-electron chi connectivity index (χ3n) is 3.49. The highest BCUT2D eigenvalue weighted by atomic mass is 79.9. The molecule has 2 nitrogen and oxygen atoms in total. The summed E-state index contributed by atoms with van der Waals surface area (Å²) < 4.78 is 14.3. The molecule has 4 heteroatoms. The van der Waals surface area contributed by atoms with Crippen LogP contribution in [0.2, 0.25) is 0 Å². The van der Waals surface area contributed by atoms with Crippen LogP contribution >= 0.6 is 15.9 Å². The normalized spacial score (nSPS) is 26.5. The number of hydrogen-bond donors (Lipinski definition) is 1. The van der Waals surface area contributed by atoms with Gasteiger partial charge in [-0.25, -0.2) is 4.39 Å². The van der Waals surface area contributed by atoms with E-state index in [0.29, 0.717) is 10.9 Å². The van der Waals surface area contributed by atoms with Crippen LogP contribution in [-0.2, 0) is 10.2 Å². The molecule has 0 aliphatic heterocycles. The van der Waals surface area contributed by atoms with Crippen LogP contribution in [0, 0.1) is 11.2 Å². The van der Waals surface area contributed by atoms with Crippen molar-refractivity contribution >= 4 is 21.9 Å². The fourth-order valence-corrected chi connectivity index (χ4v) is 3.10. The van der Waals surface area contributed by atoms with Gasteiger partial charge in [0.05, 0.1) is 0 Å². The number of hydrogen-bond acceptors (Lipinski definition) is 1. The van der Waals surface area contributed by atoms with Crippen LogP contribution in [0.5, 0.6) is 0 Å². The van der Waals surface area contributed by atoms with Gasteiger partial charge >= 0.3 is 5.97 Å². The van der Waals surface area contributed by atoms with Crippen molar-refractivity contribution in [3.05, 3.63) is 34.1 Å². The molecule has 1 N–H and O–H groups in total. The van der Waals surface area contributed by atoms with Crippen molar-refractivity contribution in [2.24, 2.45) is 5.41 Å². The van der Waals surface area contributed by atoms with E-state index in [1.54, 1.807) is 12.1 Å². The highest BCUT2D eigenvalue weighted by molar-refractivity contribution is 9.10. The van der Waals surface area contributed by atoms with Crippen LogP contribution in [0.1, 0.15) is 25.8 Å². The number of aliphatic carboxylic acids is 1. The lowest BCUT2D eigenvalue weighted by Gasteiger charge is -2.18. The lowest BCUT2D eigenvalue weighted by molar-refractivity contribution is -0.141. The van der Waals surface area contributed by atoms with Crippen molar-refractivity contribution in [3.63, 3.8) is 0 Å². The molecule has 1 unspecified atom stereocenters. The van der Waals surface area contributed by atoms with E-state index in [4.69, 9.17) is 0 Å². The largest absolute Gasteiger partial charge is 0.481 e. The molecule has 0 amide bonds. The summed E-state index contributed by atoms with van der Waals surface area (Å²) in [5.74, 6) is -1.41. The van der Waals surface area contributed by atoms with Crippen molar-refractivity contribution in [2.45, 2.75) is 25.7 Å². The minimum Gasteiger partial charge on any atom is -0.481 e. The third kappa shape index (κ3) is 1.32. The zero-order chi connectivity index (χ0) is 12.1. The molecule has 0 bridgehead atoms. The fourth-order valence-electron chi connectivity index (χ4n) is 2.42. The van der Waals surface area contributed by atoms with E-state index in [2.05, 4.69) is 15.9 Å². The van der Waals surface area contributed by atoms with Crippen molar-refractivity contribution in [1.29, 1.82) is 0 Å².